The molecule has 1 aromatic carbocycles. The number of para-hydroxylation sites is 1. The minimum atomic E-state index is 0.807. The van der Waals surface area contributed by atoms with Crippen molar-refractivity contribution in [3.63, 3.8) is 0 Å². The summed E-state index contributed by atoms with van der Waals surface area (Å²) in [6.07, 6.45) is 2.48. The molecule has 13 heavy (non-hydrogen) atoms. The molecule has 0 saturated heterocycles. The van der Waals surface area contributed by atoms with Crippen molar-refractivity contribution < 1.29 is 0 Å². The van der Waals surface area contributed by atoms with Crippen LogP contribution in [0.15, 0.2) is 22.7 Å². The van der Waals surface area contributed by atoms with Crippen LogP contribution in [-0.2, 0) is 6.42 Å². The molecule has 0 aliphatic carbocycles. The molecule has 1 atom stereocenters. The Balaban J connectivity index is 2.31. The third-order valence-corrected chi connectivity index (χ3v) is 3.41. The smallest absolute Gasteiger partial charge is 0.0517 e. The molecule has 0 saturated carbocycles. The summed E-state index contributed by atoms with van der Waals surface area (Å²) in [6, 6.07) is 6.43. The Hall–Kier alpha value is -0.500. The molecule has 2 heteroatoms. The second-order valence-electron chi connectivity index (χ2n) is 3.63. The van der Waals surface area contributed by atoms with Crippen molar-refractivity contribution in [3.8, 4) is 0 Å². The summed E-state index contributed by atoms with van der Waals surface area (Å²) in [5.41, 5.74) is 2.75. The van der Waals surface area contributed by atoms with Crippen molar-refractivity contribution in [2.45, 2.75) is 19.8 Å². The molecule has 0 radical (unpaired) electrons. The third kappa shape index (κ3) is 1.73. The van der Waals surface area contributed by atoms with Crippen LogP contribution in [0.5, 0.6) is 0 Å². The number of rotatable bonds is 1. The van der Waals surface area contributed by atoms with Crippen LogP contribution in [0, 0.1) is 5.92 Å². The van der Waals surface area contributed by atoms with Gasteiger partial charge >= 0.3 is 0 Å². The zero-order valence-corrected chi connectivity index (χ0v) is 9.39. The summed E-state index contributed by atoms with van der Waals surface area (Å²) in [6.45, 7) is 3.38. The molecule has 1 unspecified atom stereocenters. The molecule has 1 aromatic rings. The number of benzene rings is 1. The van der Waals surface area contributed by atoms with E-state index in [1.165, 1.54) is 28.6 Å². The van der Waals surface area contributed by atoms with E-state index in [0.717, 1.165) is 12.5 Å². The molecule has 2 rings (SSSR count). The Morgan fingerprint density at radius 1 is 1.54 bits per heavy atom. The van der Waals surface area contributed by atoms with Gasteiger partial charge in [0.15, 0.2) is 0 Å². The first-order chi connectivity index (χ1) is 6.31. The molecular formula is C11H14BrN. The van der Waals surface area contributed by atoms with Gasteiger partial charge in [-0.15, -0.1) is 0 Å². The van der Waals surface area contributed by atoms with Gasteiger partial charge in [0.25, 0.3) is 0 Å². The molecule has 0 amide bonds. The zero-order chi connectivity index (χ0) is 9.26. The average molecular weight is 240 g/mol. The van der Waals surface area contributed by atoms with Gasteiger partial charge in [0, 0.05) is 11.0 Å². The van der Waals surface area contributed by atoms with Gasteiger partial charge < -0.3 is 5.32 Å². The Morgan fingerprint density at radius 3 is 3.15 bits per heavy atom. The van der Waals surface area contributed by atoms with E-state index in [0.29, 0.717) is 0 Å². The van der Waals surface area contributed by atoms with Crippen LogP contribution in [0.1, 0.15) is 18.9 Å². The number of hydrogen-bond donors (Lipinski definition) is 1. The molecule has 0 bridgehead atoms. The van der Waals surface area contributed by atoms with Gasteiger partial charge in [-0.3, -0.25) is 0 Å². The normalized spacial score (nSPS) is 20.6. The van der Waals surface area contributed by atoms with Crippen molar-refractivity contribution >= 4 is 21.6 Å². The lowest BCUT2D eigenvalue weighted by atomic mass is 9.92. The summed E-state index contributed by atoms with van der Waals surface area (Å²) in [7, 11) is 0. The molecule has 0 spiro atoms. The fourth-order valence-electron chi connectivity index (χ4n) is 1.86. The van der Waals surface area contributed by atoms with E-state index in [-0.39, 0.29) is 0 Å². The van der Waals surface area contributed by atoms with E-state index in [4.69, 9.17) is 0 Å². The van der Waals surface area contributed by atoms with Gasteiger partial charge in [-0.1, -0.05) is 25.5 Å². The third-order valence-electron chi connectivity index (χ3n) is 2.75. The zero-order valence-electron chi connectivity index (χ0n) is 7.81. The Labute approximate surface area is 87.7 Å². The minimum absolute atomic E-state index is 0.807. The lowest BCUT2D eigenvalue weighted by Crippen LogP contribution is -2.22. The van der Waals surface area contributed by atoms with Gasteiger partial charge in [-0.05, 0) is 39.9 Å². The van der Waals surface area contributed by atoms with Gasteiger partial charge in [0.2, 0.25) is 0 Å². The van der Waals surface area contributed by atoms with Gasteiger partial charge in [-0.25, -0.2) is 0 Å². The summed E-state index contributed by atoms with van der Waals surface area (Å²) in [4.78, 5) is 0. The van der Waals surface area contributed by atoms with Crippen LogP contribution in [0.4, 0.5) is 5.69 Å². The lowest BCUT2D eigenvalue weighted by molar-refractivity contribution is 0.520. The predicted octanol–water partition coefficient (Wildman–Crippen LogP) is 3.44. The molecule has 1 aliphatic rings. The minimum Gasteiger partial charge on any atom is -0.384 e. The van der Waals surface area contributed by atoms with Crippen LogP contribution < -0.4 is 5.32 Å². The van der Waals surface area contributed by atoms with Crippen molar-refractivity contribution in [2.24, 2.45) is 5.92 Å². The molecule has 1 nitrogen and oxygen atoms in total. The van der Waals surface area contributed by atoms with E-state index in [2.05, 4.69) is 46.4 Å². The second-order valence-corrected chi connectivity index (χ2v) is 4.49. The first kappa shape index (κ1) is 9.07. The van der Waals surface area contributed by atoms with Crippen molar-refractivity contribution in [1.29, 1.82) is 0 Å². The molecule has 70 valence electrons. The number of hydrogen-bond acceptors (Lipinski definition) is 1. The maximum absolute atomic E-state index is 3.56. The van der Waals surface area contributed by atoms with E-state index < -0.39 is 0 Å². The number of nitrogens with one attached hydrogen (secondary N) is 1. The SMILES string of the molecule is CCC1CNc2c(Br)cccc2C1. The quantitative estimate of drug-likeness (QED) is 0.792. The monoisotopic (exact) mass is 239 g/mol. The molecule has 1 heterocycles. The molecular weight excluding hydrogens is 226 g/mol. The molecule has 1 aliphatic heterocycles. The summed E-state index contributed by atoms with van der Waals surface area (Å²) in [5.74, 6) is 0.807. The highest BCUT2D eigenvalue weighted by Gasteiger charge is 2.17. The summed E-state index contributed by atoms with van der Waals surface area (Å²) in [5, 5.41) is 3.49. The lowest BCUT2D eigenvalue weighted by Gasteiger charge is -2.26. The predicted molar refractivity (Wildman–Crippen MR) is 60.1 cm³/mol. The fraction of sp³-hybridized carbons (Fsp3) is 0.455. The average Bonchev–Trinajstić information content (AvgIpc) is 2.18. The van der Waals surface area contributed by atoms with Crippen LogP contribution >= 0.6 is 15.9 Å². The standard InChI is InChI=1S/C11H14BrN/c1-2-8-6-9-4-3-5-10(12)11(9)13-7-8/h3-5,8,13H,2,6-7H2,1H3. The van der Waals surface area contributed by atoms with E-state index in [1.807, 2.05) is 0 Å². The maximum atomic E-state index is 3.56. The van der Waals surface area contributed by atoms with Gasteiger partial charge in [-0.2, -0.15) is 0 Å². The molecule has 0 aromatic heterocycles. The summed E-state index contributed by atoms with van der Waals surface area (Å²) >= 11 is 3.56. The van der Waals surface area contributed by atoms with Crippen LogP contribution in [0.3, 0.4) is 0 Å². The largest absolute Gasteiger partial charge is 0.384 e. The Morgan fingerprint density at radius 2 is 2.38 bits per heavy atom. The highest BCUT2D eigenvalue weighted by Crippen LogP contribution is 2.32. The Kier molecular flexibility index (Phi) is 2.58. The highest BCUT2D eigenvalue weighted by molar-refractivity contribution is 9.10. The van der Waals surface area contributed by atoms with E-state index >= 15 is 0 Å². The van der Waals surface area contributed by atoms with Gasteiger partial charge in [0.05, 0.1) is 5.69 Å². The molecule has 1 N–H and O–H groups in total. The molecule has 0 fully saturated rings. The Bertz CT molecular complexity index is 309. The number of anilines is 1. The second kappa shape index (κ2) is 3.70. The topological polar surface area (TPSA) is 12.0 Å². The van der Waals surface area contributed by atoms with Crippen LogP contribution in [0.25, 0.3) is 0 Å². The maximum Gasteiger partial charge on any atom is 0.0517 e. The van der Waals surface area contributed by atoms with Crippen molar-refractivity contribution in [1.82, 2.24) is 0 Å². The number of halogens is 1. The van der Waals surface area contributed by atoms with Crippen molar-refractivity contribution in [3.05, 3.63) is 28.2 Å². The van der Waals surface area contributed by atoms with E-state index in [1.54, 1.807) is 0 Å². The van der Waals surface area contributed by atoms with E-state index in [9.17, 15) is 0 Å². The highest BCUT2D eigenvalue weighted by atomic mass is 79.9. The first-order valence-corrected chi connectivity index (χ1v) is 5.61. The number of fused-ring (bicyclic) bond motifs is 1. The van der Waals surface area contributed by atoms with Crippen LogP contribution in [0.2, 0.25) is 0 Å². The van der Waals surface area contributed by atoms with Crippen LogP contribution in [-0.4, -0.2) is 6.54 Å². The fourth-order valence-corrected chi connectivity index (χ4v) is 2.40. The van der Waals surface area contributed by atoms with Crippen molar-refractivity contribution in [2.75, 3.05) is 11.9 Å². The summed E-state index contributed by atoms with van der Waals surface area (Å²) < 4.78 is 1.19. The van der Waals surface area contributed by atoms with Gasteiger partial charge in [0.1, 0.15) is 0 Å². The first-order valence-electron chi connectivity index (χ1n) is 4.82.